The smallest absolute Gasteiger partial charge is 0.246 e. The number of hydrogen-bond donors (Lipinski definition) is 1. The van der Waals surface area contributed by atoms with Gasteiger partial charge in [0.05, 0.1) is 17.9 Å². The molecule has 8 heteroatoms. The van der Waals surface area contributed by atoms with Crippen molar-refractivity contribution in [2.75, 3.05) is 20.3 Å². The Kier molecular flexibility index (Phi) is 6.24. The van der Waals surface area contributed by atoms with Crippen LogP contribution < -0.4 is 5.32 Å². The minimum atomic E-state index is -0.281. The van der Waals surface area contributed by atoms with Crippen molar-refractivity contribution >= 4 is 17.5 Å². The number of benzene rings is 1. The van der Waals surface area contributed by atoms with Crippen LogP contribution in [0.3, 0.4) is 0 Å². The van der Waals surface area contributed by atoms with Crippen molar-refractivity contribution < 1.29 is 13.9 Å². The summed E-state index contributed by atoms with van der Waals surface area (Å²) in [5, 5.41) is 7.77. The normalized spacial score (nSPS) is 14.7. The molecule has 1 aromatic carbocycles. The van der Waals surface area contributed by atoms with Crippen molar-refractivity contribution in [1.29, 1.82) is 0 Å². The van der Waals surface area contributed by atoms with Crippen molar-refractivity contribution in [3.8, 4) is 0 Å². The average molecular weight is 381 g/mol. The Balaban J connectivity index is 1.67. The number of aryl methyl sites for hydroxylation is 1. The first-order valence-corrected chi connectivity index (χ1v) is 8.91. The van der Waals surface area contributed by atoms with Crippen LogP contribution >= 0.6 is 11.6 Å². The average Bonchev–Trinajstić information content (AvgIpc) is 2.88. The van der Waals surface area contributed by atoms with Crippen LogP contribution in [0, 0.1) is 5.82 Å². The zero-order valence-electron chi connectivity index (χ0n) is 14.7. The van der Waals surface area contributed by atoms with E-state index in [-0.39, 0.29) is 18.3 Å². The Bertz CT molecular complexity index is 760. The highest BCUT2D eigenvalue weighted by Crippen LogP contribution is 2.23. The first-order chi connectivity index (χ1) is 12.6. The molecule has 0 unspecified atom stereocenters. The fraction of sp³-hybridized carbons (Fsp3) is 0.444. The van der Waals surface area contributed by atoms with Gasteiger partial charge in [-0.15, -0.1) is 0 Å². The van der Waals surface area contributed by atoms with Crippen LogP contribution in [0.15, 0.2) is 24.3 Å². The van der Waals surface area contributed by atoms with Crippen LogP contribution in [-0.2, 0) is 35.7 Å². The molecule has 0 saturated carbocycles. The molecule has 6 nitrogen and oxygen atoms in total. The molecular weight excluding hydrogens is 359 g/mol. The summed E-state index contributed by atoms with van der Waals surface area (Å²) in [4.78, 5) is 13.7. The van der Waals surface area contributed by atoms with Gasteiger partial charge in [0.25, 0.3) is 0 Å². The van der Waals surface area contributed by atoms with E-state index in [4.69, 9.17) is 16.3 Å². The van der Waals surface area contributed by atoms with Crippen molar-refractivity contribution in [3.63, 3.8) is 0 Å². The maximum Gasteiger partial charge on any atom is 0.246 e. The van der Waals surface area contributed by atoms with Crippen molar-refractivity contribution in [1.82, 2.24) is 20.0 Å². The summed E-state index contributed by atoms with van der Waals surface area (Å²) >= 11 is 6.16. The topological polar surface area (TPSA) is 59.4 Å². The molecule has 0 radical (unpaired) electrons. The van der Waals surface area contributed by atoms with Gasteiger partial charge in [-0.25, -0.2) is 4.39 Å². The molecule has 1 aliphatic rings. The third-order valence-electron chi connectivity index (χ3n) is 4.33. The maximum absolute atomic E-state index is 14.1. The molecule has 0 bridgehead atoms. The van der Waals surface area contributed by atoms with E-state index in [1.54, 1.807) is 12.1 Å². The van der Waals surface area contributed by atoms with Crippen LogP contribution in [0.4, 0.5) is 4.39 Å². The summed E-state index contributed by atoms with van der Waals surface area (Å²) in [7, 11) is 1.48. The number of fused-ring (bicyclic) bond motifs is 1. The number of aromatic nitrogens is 2. The zero-order chi connectivity index (χ0) is 18.5. The molecule has 2 heterocycles. The van der Waals surface area contributed by atoms with E-state index in [1.807, 2.05) is 10.7 Å². The van der Waals surface area contributed by atoms with Gasteiger partial charge in [0.1, 0.15) is 12.4 Å². The molecule has 1 N–H and O–H groups in total. The van der Waals surface area contributed by atoms with Gasteiger partial charge in [-0.05, 0) is 24.6 Å². The Labute approximate surface area is 156 Å². The summed E-state index contributed by atoms with van der Waals surface area (Å²) < 4.78 is 20.8. The highest BCUT2D eigenvalue weighted by molar-refractivity contribution is 6.31. The number of nitrogens with zero attached hydrogens (tertiary/aromatic N) is 3. The number of methoxy groups -OCH3 is 1. The summed E-state index contributed by atoms with van der Waals surface area (Å²) in [6.45, 7) is 3.14. The monoisotopic (exact) mass is 380 g/mol. The second-order valence-electron chi connectivity index (χ2n) is 6.32. The van der Waals surface area contributed by atoms with Gasteiger partial charge in [-0.2, -0.15) is 5.10 Å². The number of hydrogen-bond acceptors (Lipinski definition) is 4. The molecule has 0 fully saturated rings. The van der Waals surface area contributed by atoms with Crippen LogP contribution in [0.25, 0.3) is 0 Å². The Morgan fingerprint density at radius 1 is 1.42 bits per heavy atom. The van der Waals surface area contributed by atoms with E-state index in [1.165, 1.54) is 13.2 Å². The van der Waals surface area contributed by atoms with Gasteiger partial charge in [0.2, 0.25) is 5.91 Å². The summed E-state index contributed by atoms with van der Waals surface area (Å²) in [5.74, 6) is -0.455. The summed E-state index contributed by atoms with van der Waals surface area (Å²) in [6.07, 6.45) is 0.913. The SMILES string of the molecule is COCC(=O)NCc1cc2n(n1)CCCN(Cc1c(F)cccc1Cl)C2. The van der Waals surface area contributed by atoms with Crippen LogP contribution in [0.2, 0.25) is 5.02 Å². The van der Waals surface area contributed by atoms with Crippen LogP contribution in [0.5, 0.6) is 0 Å². The quantitative estimate of drug-likeness (QED) is 0.835. The van der Waals surface area contributed by atoms with Crippen molar-refractivity contribution in [2.45, 2.75) is 32.6 Å². The molecule has 1 amide bonds. The highest BCUT2D eigenvalue weighted by Gasteiger charge is 2.19. The van der Waals surface area contributed by atoms with Crippen molar-refractivity contribution in [2.24, 2.45) is 0 Å². The van der Waals surface area contributed by atoms with E-state index in [9.17, 15) is 9.18 Å². The van der Waals surface area contributed by atoms with Gasteiger partial charge in [-0.3, -0.25) is 14.4 Å². The first kappa shape index (κ1) is 18.8. The minimum Gasteiger partial charge on any atom is -0.375 e. The van der Waals surface area contributed by atoms with E-state index < -0.39 is 0 Å². The lowest BCUT2D eigenvalue weighted by molar-refractivity contribution is -0.124. The maximum atomic E-state index is 14.1. The molecule has 2 aromatic rings. The summed E-state index contributed by atoms with van der Waals surface area (Å²) in [6, 6.07) is 6.74. The second kappa shape index (κ2) is 8.62. The first-order valence-electron chi connectivity index (χ1n) is 8.53. The number of amides is 1. The third kappa shape index (κ3) is 4.60. The van der Waals surface area contributed by atoms with Gasteiger partial charge in [-0.1, -0.05) is 17.7 Å². The minimum absolute atomic E-state index is 0.0325. The van der Waals surface area contributed by atoms with E-state index in [2.05, 4.69) is 15.3 Å². The molecular formula is C18H22ClFN4O2. The van der Waals surface area contributed by atoms with Gasteiger partial charge in [0, 0.05) is 43.9 Å². The Morgan fingerprint density at radius 3 is 3.04 bits per heavy atom. The number of carbonyl (C=O) groups excluding carboxylic acids is 1. The van der Waals surface area contributed by atoms with E-state index in [0.29, 0.717) is 30.2 Å². The number of carbonyl (C=O) groups is 1. The largest absolute Gasteiger partial charge is 0.375 e. The van der Waals surface area contributed by atoms with E-state index in [0.717, 1.165) is 30.9 Å². The molecule has 0 atom stereocenters. The molecule has 0 saturated heterocycles. The number of rotatable bonds is 6. The van der Waals surface area contributed by atoms with Gasteiger partial charge >= 0.3 is 0 Å². The molecule has 0 aliphatic carbocycles. The van der Waals surface area contributed by atoms with Crippen LogP contribution in [0.1, 0.15) is 23.4 Å². The Morgan fingerprint density at radius 2 is 2.27 bits per heavy atom. The van der Waals surface area contributed by atoms with Crippen molar-refractivity contribution in [3.05, 3.63) is 52.1 Å². The molecule has 1 aliphatic heterocycles. The second-order valence-corrected chi connectivity index (χ2v) is 6.73. The predicted molar refractivity (Wildman–Crippen MR) is 96.1 cm³/mol. The molecule has 26 heavy (non-hydrogen) atoms. The van der Waals surface area contributed by atoms with E-state index >= 15 is 0 Å². The third-order valence-corrected chi connectivity index (χ3v) is 4.68. The molecule has 1 aromatic heterocycles. The lowest BCUT2D eigenvalue weighted by atomic mass is 10.2. The zero-order valence-corrected chi connectivity index (χ0v) is 15.4. The Hall–Kier alpha value is -1.96. The molecule has 0 spiro atoms. The number of nitrogens with one attached hydrogen (secondary N) is 1. The van der Waals surface area contributed by atoms with Gasteiger partial charge < -0.3 is 10.1 Å². The number of ether oxygens (including phenoxy) is 1. The standard InChI is InChI=1S/C18H22ClFN4O2/c1-26-12-18(25)21-9-13-8-14-10-23(6-3-7-24(14)22-13)11-15-16(19)4-2-5-17(15)20/h2,4-5,8H,3,6-7,9-12H2,1H3,(H,21,25). The fourth-order valence-corrected chi connectivity index (χ4v) is 3.31. The summed E-state index contributed by atoms with van der Waals surface area (Å²) in [5.41, 5.74) is 2.37. The predicted octanol–water partition coefficient (Wildman–Crippen LogP) is 2.34. The lowest BCUT2D eigenvalue weighted by Crippen LogP contribution is -2.26. The van der Waals surface area contributed by atoms with Crippen LogP contribution in [-0.4, -0.2) is 40.8 Å². The highest BCUT2D eigenvalue weighted by atomic mass is 35.5. The molecule has 3 rings (SSSR count). The molecule has 140 valence electrons. The fourth-order valence-electron chi connectivity index (χ4n) is 3.09. The lowest BCUT2D eigenvalue weighted by Gasteiger charge is -2.20. The van der Waals surface area contributed by atoms with Gasteiger partial charge in [0.15, 0.2) is 0 Å². The number of halogens is 2.